The number of amides is 4. The first-order valence-corrected chi connectivity index (χ1v) is 15.0. The molecule has 0 radical (unpaired) electrons. The van der Waals surface area contributed by atoms with Crippen LogP contribution >= 0.6 is 12.8 Å². The van der Waals surface area contributed by atoms with Crippen molar-refractivity contribution in [2.24, 2.45) is 5.92 Å². The highest BCUT2D eigenvalue weighted by atomic mass is 32.1. The first kappa shape index (κ1) is 36.1. The zero-order chi connectivity index (χ0) is 30.8. The van der Waals surface area contributed by atoms with Crippen molar-refractivity contribution in [1.29, 1.82) is 0 Å². The van der Waals surface area contributed by atoms with Gasteiger partial charge in [0.15, 0.2) is 5.78 Å². The summed E-state index contributed by atoms with van der Waals surface area (Å²) in [5.41, 5.74) is 1.13. The first-order valence-electron chi connectivity index (χ1n) is 14.5. The number of nitrogens with zero attached hydrogens (tertiary/aromatic N) is 1. The molecule has 1 aromatic carbocycles. The van der Waals surface area contributed by atoms with E-state index in [2.05, 4.69) is 33.5 Å². The van der Waals surface area contributed by atoms with Crippen LogP contribution in [0.4, 0.5) is 0 Å². The molecule has 0 aliphatic carbocycles. The third kappa shape index (κ3) is 14.5. The Bertz CT molecular complexity index is 975. The predicted molar refractivity (Wildman–Crippen MR) is 164 cm³/mol. The van der Waals surface area contributed by atoms with Gasteiger partial charge in [-0.3, -0.25) is 28.7 Å². The molecule has 4 amide bonds. The Morgan fingerprint density at radius 3 is 2.17 bits per heavy atom. The Labute approximate surface area is 250 Å². The second-order valence-corrected chi connectivity index (χ2v) is 11.1. The second-order valence-electron chi connectivity index (χ2n) is 10.8. The average Bonchev–Trinajstić information content (AvgIpc) is 2.94. The van der Waals surface area contributed by atoms with Gasteiger partial charge in [-0.15, -0.1) is 0 Å². The zero-order valence-corrected chi connectivity index (χ0v) is 26.1. The Kier molecular flexibility index (Phi) is 17.6. The van der Waals surface area contributed by atoms with Crippen molar-refractivity contribution < 1.29 is 24.0 Å². The summed E-state index contributed by atoms with van der Waals surface area (Å²) in [4.78, 5) is 65.2. The molecular weight excluding hydrogens is 542 g/mol. The molecule has 230 valence electrons. The van der Waals surface area contributed by atoms with E-state index in [4.69, 9.17) is 0 Å². The lowest BCUT2D eigenvalue weighted by atomic mass is 9.96. The van der Waals surface area contributed by atoms with E-state index in [1.54, 1.807) is 14.0 Å². The predicted octanol–water partition coefficient (Wildman–Crippen LogP) is 2.57. The van der Waals surface area contributed by atoms with E-state index in [1.165, 1.54) is 11.8 Å². The van der Waals surface area contributed by atoms with Crippen LogP contribution in [0.3, 0.4) is 0 Å². The van der Waals surface area contributed by atoms with Crippen LogP contribution in [0.25, 0.3) is 0 Å². The molecule has 10 nitrogen and oxygen atoms in total. The van der Waals surface area contributed by atoms with Crippen LogP contribution in [0.5, 0.6) is 0 Å². The summed E-state index contributed by atoms with van der Waals surface area (Å²) in [6.07, 6.45) is 3.57. The van der Waals surface area contributed by atoms with Crippen molar-refractivity contribution in [3.05, 3.63) is 35.9 Å². The van der Waals surface area contributed by atoms with E-state index in [9.17, 15) is 24.0 Å². The summed E-state index contributed by atoms with van der Waals surface area (Å²) in [5, 5.41) is 8.37. The number of Topliss-reactive ketones (excluding diaryl/α,β-unsaturated/α-hetero) is 1. The van der Waals surface area contributed by atoms with E-state index in [0.717, 1.165) is 12.0 Å². The van der Waals surface area contributed by atoms with Crippen LogP contribution < -0.4 is 20.7 Å². The van der Waals surface area contributed by atoms with Gasteiger partial charge < -0.3 is 20.9 Å². The quantitative estimate of drug-likeness (QED) is 0.117. The Morgan fingerprint density at radius 1 is 0.927 bits per heavy atom. The van der Waals surface area contributed by atoms with Crippen LogP contribution in [0, 0.1) is 5.92 Å². The normalized spacial score (nSPS) is 13.1. The van der Waals surface area contributed by atoms with E-state index >= 15 is 0 Å². The van der Waals surface area contributed by atoms with Crippen molar-refractivity contribution >= 4 is 42.2 Å². The largest absolute Gasteiger partial charge is 0.356 e. The maximum absolute atomic E-state index is 13.7. The molecule has 1 rings (SSSR count). The fraction of sp³-hybridized carbons (Fsp3) is 0.633. The summed E-state index contributed by atoms with van der Waals surface area (Å²) in [6, 6.07) is 7.54. The van der Waals surface area contributed by atoms with Gasteiger partial charge in [0.05, 0.1) is 6.04 Å². The van der Waals surface area contributed by atoms with E-state index < -0.39 is 24.0 Å². The molecular formula is C30H49N5O5S. The third-order valence-corrected chi connectivity index (χ3v) is 7.02. The molecule has 0 aliphatic heterocycles. The number of rotatable bonds is 20. The van der Waals surface area contributed by atoms with Gasteiger partial charge in [-0.2, -0.15) is 0 Å². The third-order valence-electron chi connectivity index (χ3n) is 6.80. The second kappa shape index (κ2) is 20.0. The van der Waals surface area contributed by atoms with Crippen molar-refractivity contribution in [3.63, 3.8) is 0 Å². The minimum absolute atomic E-state index is 0.0401. The van der Waals surface area contributed by atoms with Gasteiger partial charge in [-0.05, 0) is 50.0 Å². The molecule has 0 spiro atoms. The monoisotopic (exact) mass is 591 g/mol. The molecule has 0 saturated heterocycles. The average molecular weight is 592 g/mol. The van der Waals surface area contributed by atoms with Gasteiger partial charge >= 0.3 is 0 Å². The van der Waals surface area contributed by atoms with Crippen molar-refractivity contribution in [3.8, 4) is 0 Å². The lowest BCUT2D eigenvalue weighted by Crippen LogP contribution is -2.56. The van der Waals surface area contributed by atoms with Crippen molar-refractivity contribution in [1.82, 2.24) is 25.6 Å². The summed E-state index contributed by atoms with van der Waals surface area (Å²) in [5.74, 6) is -1.16. The highest BCUT2D eigenvalue weighted by Gasteiger charge is 2.33. The number of nitrogens with one attached hydrogen (secondary N) is 4. The van der Waals surface area contributed by atoms with E-state index in [-0.39, 0.29) is 42.3 Å². The molecule has 0 fully saturated rings. The SMILES string of the molecule is CCC(=O)[C@H](CC(C)C)N(C)C(=O)[C@H](CCCNC(=O)CCNS)NC(=O)[C@H](CCCc1ccccc1)NC(C)=O. The lowest BCUT2D eigenvalue weighted by Gasteiger charge is -2.32. The van der Waals surface area contributed by atoms with Gasteiger partial charge in [0.25, 0.3) is 0 Å². The molecule has 0 aromatic heterocycles. The summed E-state index contributed by atoms with van der Waals surface area (Å²) < 4.78 is 2.62. The molecule has 0 saturated carbocycles. The molecule has 3 atom stereocenters. The number of likely N-dealkylation sites (N-methyl/N-ethyl adjacent to an activating group) is 1. The van der Waals surface area contributed by atoms with E-state index in [0.29, 0.717) is 45.2 Å². The maximum Gasteiger partial charge on any atom is 0.245 e. The van der Waals surface area contributed by atoms with Crippen LogP contribution in [0.15, 0.2) is 30.3 Å². The van der Waals surface area contributed by atoms with Gasteiger partial charge in [0.1, 0.15) is 12.1 Å². The minimum atomic E-state index is -0.923. The molecule has 4 N–H and O–H groups in total. The standard InChI is InChI=1S/C30H49N5O5S/c1-6-27(37)26(20-21(2)3)35(5)30(40)25(16-11-18-31-28(38)17-19-32-41)34-29(39)24(33-22(4)36)15-10-14-23-12-8-7-9-13-23/h7-9,12-13,21,24-26,32,41H,6,10-11,14-20H2,1-5H3,(H,31,38)(H,33,36)(H,34,39)/t24-,25-,26-/m0/s1. The van der Waals surface area contributed by atoms with Gasteiger partial charge in [-0.1, -0.05) is 63.9 Å². The van der Waals surface area contributed by atoms with Crippen molar-refractivity contribution in [2.75, 3.05) is 20.1 Å². The first-order chi connectivity index (χ1) is 19.5. The molecule has 11 heteroatoms. The molecule has 0 aliphatic rings. The van der Waals surface area contributed by atoms with Crippen LogP contribution in [0.1, 0.15) is 78.2 Å². The van der Waals surface area contributed by atoms with Crippen LogP contribution in [-0.4, -0.2) is 72.6 Å². The van der Waals surface area contributed by atoms with Crippen LogP contribution in [-0.2, 0) is 30.4 Å². The summed E-state index contributed by atoms with van der Waals surface area (Å²) in [7, 11) is 1.60. The summed E-state index contributed by atoms with van der Waals surface area (Å²) in [6.45, 7) is 7.86. The smallest absolute Gasteiger partial charge is 0.245 e. The van der Waals surface area contributed by atoms with Crippen molar-refractivity contribution in [2.45, 2.75) is 97.2 Å². The molecule has 0 unspecified atom stereocenters. The molecule has 1 aromatic rings. The summed E-state index contributed by atoms with van der Waals surface area (Å²) >= 11 is 3.88. The number of carbonyl (C=O) groups excluding carboxylic acids is 5. The minimum Gasteiger partial charge on any atom is -0.356 e. The number of ketones is 1. The fourth-order valence-corrected chi connectivity index (χ4v) is 4.69. The lowest BCUT2D eigenvalue weighted by molar-refractivity contribution is -0.142. The zero-order valence-electron chi connectivity index (χ0n) is 25.2. The number of hydrogen-bond acceptors (Lipinski definition) is 7. The number of thiol groups is 1. The van der Waals surface area contributed by atoms with E-state index in [1.807, 2.05) is 44.2 Å². The number of carbonyl (C=O) groups is 5. The highest BCUT2D eigenvalue weighted by Crippen LogP contribution is 2.16. The Morgan fingerprint density at radius 2 is 1.59 bits per heavy atom. The number of hydrogen-bond donors (Lipinski definition) is 5. The highest BCUT2D eigenvalue weighted by molar-refractivity contribution is 7.78. The van der Waals surface area contributed by atoms with Gasteiger partial charge in [0, 0.05) is 39.9 Å². The topological polar surface area (TPSA) is 137 Å². The molecule has 0 bridgehead atoms. The van der Waals surface area contributed by atoms with Gasteiger partial charge in [0.2, 0.25) is 23.6 Å². The number of aryl methyl sites for hydroxylation is 1. The van der Waals surface area contributed by atoms with Crippen LogP contribution in [0.2, 0.25) is 0 Å². The Hall–Kier alpha value is -2.92. The Balaban J connectivity index is 3.03. The molecule has 0 heterocycles. The number of benzene rings is 1. The van der Waals surface area contributed by atoms with Gasteiger partial charge in [-0.25, -0.2) is 0 Å². The maximum atomic E-state index is 13.7. The fourth-order valence-electron chi connectivity index (χ4n) is 4.58. The molecule has 41 heavy (non-hydrogen) atoms.